The third-order valence-corrected chi connectivity index (χ3v) is 8.18. The van der Waals surface area contributed by atoms with Gasteiger partial charge in [0, 0.05) is 18.2 Å². The number of hydrogen-bond donors (Lipinski definition) is 1. The molecule has 0 atom stereocenters. The number of aryl methyl sites for hydroxylation is 1. The molecule has 0 spiro atoms. The van der Waals surface area contributed by atoms with Gasteiger partial charge >= 0.3 is 12.4 Å². The highest BCUT2D eigenvalue weighted by atomic mass is 79.9. The highest BCUT2D eigenvalue weighted by Crippen LogP contribution is 2.33. The zero-order valence-electron chi connectivity index (χ0n) is 30.8. The van der Waals surface area contributed by atoms with E-state index in [4.69, 9.17) is 14.2 Å². The second-order valence-electron chi connectivity index (χ2n) is 12.3. The molecule has 0 radical (unpaired) electrons. The smallest absolute Gasteiger partial charge is 0.455 e. The van der Waals surface area contributed by atoms with E-state index in [1.807, 2.05) is 19.3 Å². The fourth-order valence-corrected chi connectivity index (χ4v) is 5.16. The Morgan fingerprint density at radius 3 is 1.65 bits per heavy atom. The summed E-state index contributed by atoms with van der Waals surface area (Å²) in [6, 6.07) is 8.01. The molecule has 4 aromatic rings. The number of nitrogens with zero attached hydrogens (tertiary/aromatic N) is 3. The van der Waals surface area contributed by atoms with Crippen LogP contribution in [0, 0.1) is 24.4 Å². The number of hydrazone groups is 1. The van der Waals surface area contributed by atoms with Crippen LogP contribution in [0.5, 0.6) is 17.2 Å². The highest BCUT2D eigenvalue weighted by Gasteiger charge is 2.37. The van der Waals surface area contributed by atoms with Crippen LogP contribution in [0.25, 0.3) is 5.69 Å². The minimum absolute atomic E-state index is 0.0322. The van der Waals surface area contributed by atoms with E-state index >= 15 is 0 Å². The lowest BCUT2D eigenvalue weighted by Crippen LogP contribution is -2.24. The predicted octanol–water partition coefficient (Wildman–Crippen LogP) is 11.5. The molecule has 4 rings (SSSR count). The number of ether oxygens (including phenoxy) is 3. The van der Waals surface area contributed by atoms with Crippen molar-refractivity contribution >= 4 is 65.5 Å². The molecule has 0 aliphatic heterocycles. The fraction of sp³-hybridized carbons (Fsp3) is 0.333. The van der Waals surface area contributed by atoms with Gasteiger partial charge in [0.25, 0.3) is 11.3 Å². The molecule has 0 aliphatic rings. The number of hydrogen-bond acceptors (Lipinski definition) is 8. The molecule has 9 nitrogen and oxygen atoms in total. The lowest BCUT2D eigenvalue weighted by atomic mass is 10.2. The van der Waals surface area contributed by atoms with Crippen LogP contribution in [0.15, 0.2) is 72.0 Å². The summed E-state index contributed by atoms with van der Waals surface area (Å²) < 4.78 is 132. The molecule has 0 aliphatic carbocycles. The van der Waals surface area contributed by atoms with Gasteiger partial charge in [0.15, 0.2) is 0 Å². The molecule has 0 saturated heterocycles. The normalized spacial score (nSPS) is 11.6. The quantitative estimate of drug-likeness (QED) is 0.0958. The van der Waals surface area contributed by atoms with Gasteiger partial charge in [0.1, 0.15) is 40.4 Å². The van der Waals surface area contributed by atoms with Gasteiger partial charge in [0.05, 0.1) is 55.4 Å². The standard InChI is InChI=1S/C14H11BrF4N2O2.C12H11BrF4N2O2.C10H12BrFO/c1-7(2)23-12-5-11(10(16)4-9(12)15)21-13(22)3-8(6-20-21)14(17,18)19;1-6(2)21-10-4-9(8(14)3-7(10)13)19-18-5-11(20)12(15,16)17;1-6(2)13-10-4-7(3)9(12)5-8(10)11/h3-7H,1-2H3;3-6,19H,1-2H3;4-6H,1-3H3/b;18-5+;. The first-order valence-electron chi connectivity index (χ1n) is 16.2. The molecule has 0 amide bonds. The first-order valence-corrected chi connectivity index (χ1v) is 18.6. The minimum Gasteiger partial charge on any atom is -0.490 e. The number of rotatable bonds is 10. The molecule has 0 saturated carbocycles. The van der Waals surface area contributed by atoms with E-state index < -0.39 is 40.9 Å². The molecule has 1 N–H and O–H groups in total. The van der Waals surface area contributed by atoms with Crippen molar-refractivity contribution in [2.45, 2.75) is 79.1 Å². The monoisotopic (exact) mass is 1010 g/mol. The number of nitrogens with one attached hydrogen (secondary N) is 1. The van der Waals surface area contributed by atoms with E-state index in [1.165, 1.54) is 18.2 Å². The van der Waals surface area contributed by atoms with Gasteiger partial charge in [-0.3, -0.25) is 15.0 Å². The van der Waals surface area contributed by atoms with E-state index in [2.05, 4.69) is 58.0 Å². The Balaban J connectivity index is 0.000000306. The average molecular weight is 1010 g/mol. The summed E-state index contributed by atoms with van der Waals surface area (Å²) in [7, 11) is 0. The lowest BCUT2D eigenvalue weighted by molar-refractivity contribution is -0.162. The summed E-state index contributed by atoms with van der Waals surface area (Å²) in [5.41, 5.74) is -0.199. The van der Waals surface area contributed by atoms with Gasteiger partial charge in [0.2, 0.25) is 0 Å². The van der Waals surface area contributed by atoms with Crippen LogP contribution in [0.4, 0.5) is 45.2 Å². The molecular weight excluding hydrogens is 979 g/mol. The minimum atomic E-state index is -5.02. The Kier molecular flexibility index (Phi) is 18.1. The largest absolute Gasteiger partial charge is 0.490 e. The predicted molar refractivity (Wildman–Crippen MR) is 206 cm³/mol. The topological polar surface area (TPSA) is 104 Å². The second kappa shape index (κ2) is 21.1. The Morgan fingerprint density at radius 2 is 1.19 bits per heavy atom. The maximum absolute atomic E-state index is 14.1. The van der Waals surface area contributed by atoms with Crippen molar-refractivity contribution in [3.63, 3.8) is 0 Å². The zero-order valence-corrected chi connectivity index (χ0v) is 35.6. The summed E-state index contributed by atoms with van der Waals surface area (Å²) in [6.07, 6.45) is -9.53. The fourth-order valence-electron chi connectivity index (χ4n) is 3.94. The lowest BCUT2D eigenvalue weighted by Gasteiger charge is -2.14. The first-order chi connectivity index (χ1) is 26.2. The third-order valence-electron chi connectivity index (χ3n) is 6.33. The van der Waals surface area contributed by atoms with E-state index in [0.717, 1.165) is 12.1 Å². The number of alkyl halides is 6. The summed E-state index contributed by atoms with van der Waals surface area (Å²) in [4.78, 5) is 22.4. The summed E-state index contributed by atoms with van der Waals surface area (Å²) in [6.45, 7) is 12.6. The summed E-state index contributed by atoms with van der Waals surface area (Å²) in [5, 5.41) is 6.46. The molecule has 0 bridgehead atoms. The second-order valence-corrected chi connectivity index (χ2v) is 14.8. The molecule has 0 unspecified atom stereocenters. The number of carbonyl (C=O) groups excluding carboxylic acids is 1. The molecule has 312 valence electrons. The summed E-state index contributed by atoms with van der Waals surface area (Å²) in [5.74, 6) is -2.75. The van der Waals surface area contributed by atoms with Gasteiger partial charge in [-0.2, -0.15) is 41.2 Å². The molecule has 1 heterocycles. The van der Waals surface area contributed by atoms with Gasteiger partial charge in [-0.15, -0.1) is 0 Å². The van der Waals surface area contributed by atoms with Crippen LogP contribution in [-0.2, 0) is 11.0 Å². The maximum Gasteiger partial charge on any atom is 0.455 e. The SMILES string of the molecule is CC(C)Oc1cc(-n2ncc(C(F)(F)F)cc2=O)c(F)cc1Br.CC(C)Oc1cc(N/N=C/C(=O)C(F)(F)F)c(F)cc1Br.Cc1cc(OC(C)C)c(Br)cc1F. The van der Waals surface area contributed by atoms with Gasteiger partial charge in [-0.05, 0) is 126 Å². The van der Waals surface area contributed by atoms with Crippen molar-refractivity contribution in [3.05, 3.63) is 101 Å². The number of carbonyl (C=O) groups is 1. The van der Waals surface area contributed by atoms with Crippen LogP contribution in [0.1, 0.15) is 52.7 Å². The van der Waals surface area contributed by atoms with Crippen molar-refractivity contribution < 1.29 is 58.5 Å². The molecule has 57 heavy (non-hydrogen) atoms. The van der Waals surface area contributed by atoms with E-state index in [0.29, 0.717) is 41.7 Å². The zero-order chi connectivity index (χ0) is 43.6. The van der Waals surface area contributed by atoms with Crippen molar-refractivity contribution in [1.82, 2.24) is 9.78 Å². The van der Waals surface area contributed by atoms with E-state index in [9.17, 15) is 49.1 Å². The van der Waals surface area contributed by atoms with Crippen molar-refractivity contribution in [2.24, 2.45) is 5.10 Å². The average Bonchev–Trinajstić information content (AvgIpc) is 3.06. The number of anilines is 1. The number of Topliss-reactive ketones (excluding diaryl/α,β-unsaturated/α-hetero) is 1. The van der Waals surface area contributed by atoms with E-state index in [1.54, 1.807) is 40.7 Å². The van der Waals surface area contributed by atoms with Gasteiger partial charge < -0.3 is 14.2 Å². The van der Waals surface area contributed by atoms with Crippen molar-refractivity contribution in [3.8, 4) is 22.9 Å². The van der Waals surface area contributed by atoms with Crippen LogP contribution in [0.3, 0.4) is 0 Å². The molecule has 0 fully saturated rings. The van der Waals surface area contributed by atoms with Crippen LogP contribution >= 0.6 is 47.8 Å². The summed E-state index contributed by atoms with van der Waals surface area (Å²) >= 11 is 9.45. The molecular formula is C36H34Br3F9N4O5. The number of halogens is 12. The van der Waals surface area contributed by atoms with Crippen molar-refractivity contribution in [2.75, 3.05) is 5.43 Å². The number of aromatic nitrogens is 2. The molecule has 3 aromatic carbocycles. The Bertz CT molecular complexity index is 2110. The molecule has 1 aromatic heterocycles. The third kappa shape index (κ3) is 15.6. The van der Waals surface area contributed by atoms with Crippen LogP contribution in [0.2, 0.25) is 0 Å². The number of ketones is 1. The highest BCUT2D eigenvalue weighted by molar-refractivity contribution is 9.11. The Hall–Kier alpha value is -4.11. The van der Waals surface area contributed by atoms with Crippen molar-refractivity contribution in [1.29, 1.82) is 0 Å². The first kappa shape index (κ1) is 49.0. The maximum atomic E-state index is 14.1. The van der Waals surface area contributed by atoms with Gasteiger partial charge in [-0.1, -0.05) is 0 Å². The van der Waals surface area contributed by atoms with Crippen LogP contribution in [-0.4, -0.2) is 46.3 Å². The van der Waals surface area contributed by atoms with E-state index in [-0.39, 0.29) is 53.2 Å². The van der Waals surface area contributed by atoms with Gasteiger partial charge in [-0.25, -0.2) is 13.2 Å². The molecule has 21 heteroatoms. The number of benzene rings is 3. The van der Waals surface area contributed by atoms with Crippen LogP contribution < -0.4 is 25.2 Å². The Morgan fingerprint density at radius 1 is 0.737 bits per heavy atom. The Labute approximate surface area is 346 Å².